The Morgan fingerprint density at radius 3 is 3.00 bits per heavy atom. The smallest absolute Gasteiger partial charge is 0.255 e. The molecule has 0 unspecified atom stereocenters. The zero-order valence-electron chi connectivity index (χ0n) is 12.1. The lowest BCUT2D eigenvalue weighted by atomic mass is 10.1. The quantitative estimate of drug-likeness (QED) is 0.735. The number of rotatable bonds is 1. The molecule has 1 aliphatic rings. The summed E-state index contributed by atoms with van der Waals surface area (Å²) in [5, 5.41) is 3.27. The highest BCUT2D eigenvalue weighted by Gasteiger charge is 2.24. The maximum atomic E-state index is 12.9. The second-order valence-electron chi connectivity index (χ2n) is 5.58. The molecular formula is C17H13ClN2O2S. The first-order valence-corrected chi connectivity index (χ1v) is 8.55. The van der Waals surface area contributed by atoms with Crippen molar-refractivity contribution < 1.29 is 4.79 Å². The SMILES string of the molecule is O=C(c1cc(=O)[nH]c2ccc(Cl)cc12)N1CCc2sccc2C1. The van der Waals surface area contributed by atoms with Crippen LogP contribution in [0.5, 0.6) is 0 Å². The second-order valence-corrected chi connectivity index (χ2v) is 7.02. The Hall–Kier alpha value is -2.11. The molecule has 0 saturated carbocycles. The number of carbonyl (C=O) groups excluding carboxylic acids is 1. The molecule has 1 N–H and O–H groups in total. The number of aromatic amines is 1. The zero-order valence-corrected chi connectivity index (χ0v) is 13.7. The van der Waals surface area contributed by atoms with Crippen LogP contribution in [0.4, 0.5) is 0 Å². The molecule has 3 heterocycles. The van der Waals surface area contributed by atoms with E-state index in [0.717, 1.165) is 6.42 Å². The van der Waals surface area contributed by atoms with Crippen molar-refractivity contribution >= 4 is 39.7 Å². The summed E-state index contributed by atoms with van der Waals surface area (Å²) in [6.45, 7) is 1.26. The molecule has 116 valence electrons. The van der Waals surface area contributed by atoms with Gasteiger partial charge in [-0.2, -0.15) is 0 Å². The molecular weight excluding hydrogens is 332 g/mol. The van der Waals surface area contributed by atoms with E-state index in [4.69, 9.17) is 11.6 Å². The van der Waals surface area contributed by atoms with Gasteiger partial charge in [0.25, 0.3) is 5.91 Å². The summed E-state index contributed by atoms with van der Waals surface area (Å²) in [4.78, 5) is 30.7. The second kappa shape index (κ2) is 5.51. The molecule has 6 heteroatoms. The van der Waals surface area contributed by atoms with Crippen molar-refractivity contribution in [3.8, 4) is 0 Å². The largest absolute Gasteiger partial charge is 0.334 e. The minimum absolute atomic E-state index is 0.125. The van der Waals surface area contributed by atoms with Gasteiger partial charge in [-0.05, 0) is 41.6 Å². The van der Waals surface area contributed by atoms with Gasteiger partial charge in [0.05, 0.1) is 5.56 Å². The first-order valence-electron chi connectivity index (χ1n) is 7.29. The lowest BCUT2D eigenvalue weighted by molar-refractivity contribution is 0.0737. The van der Waals surface area contributed by atoms with Crippen LogP contribution in [0.1, 0.15) is 20.8 Å². The Balaban J connectivity index is 1.78. The summed E-state index contributed by atoms with van der Waals surface area (Å²) in [6.07, 6.45) is 0.862. The first-order chi connectivity index (χ1) is 11.1. The molecule has 0 bridgehead atoms. The lowest BCUT2D eigenvalue weighted by Gasteiger charge is -2.27. The molecule has 0 saturated heterocycles. The maximum absolute atomic E-state index is 12.9. The van der Waals surface area contributed by atoms with E-state index in [0.29, 0.717) is 34.6 Å². The zero-order chi connectivity index (χ0) is 16.0. The Labute approximate surface area is 141 Å². The van der Waals surface area contributed by atoms with Gasteiger partial charge in [-0.25, -0.2) is 0 Å². The number of fused-ring (bicyclic) bond motifs is 2. The minimum Gasteiger partial charge on any atom is -0.334 e. The molecule has 1 aromatic carbocycles. The van der Waals surface area contributed by atoms with Crippen LogP contribution < -0.4 is 5.56 Å². The van der Waals surface area contributed by atoms with Gasteiger partial charge in [0.1, 0.15) is 0 Å². The highest BCUT2D eigenvalue weighted by atomic mass is 35.5. The van der Waals surface area contributed by atoms with Gasteiger partial charge in [0, 0.05) is 40.0 Å². The number of halogens is 1. The third kappa shape index (κ3) is 2.56. The summed E-state index contributed by atoms with van der Waals surface area (Å²) in [5.74, 6) is -0.125. The summed E-state index contributed by atoms with van der Waals surface area (Å²) < 4.78 is 0. The molecule has 0 atom stereocenters. The van der Waals surface area contributed by atoms with Gasteiger partial charge in [0.15, 0.2) is 0 Å². The predicted molar refractivity (Wildman–Crippen MR) is 92.3 cm³/mol. The average molecular weight is 345 g/mol. The third-order valence-corrected chi connectivity index (χ3v) is 5.39. The molecule has 0 aliphatic carbocycles. The van der Waals surface area contributed by atoms with Gasteiger partial charge in [-0.3, -0.25) is 9.59 Å². The molecule has 0 spiro atoms. The van der Waals surface area contributed by atoms with Gasteiger partial charge in [0.2, 0.25) is 5.56 Å². The summed E-state index contributed by atoms with van der Waals surface area (Å²) >= 11 is 7.79. The van der Waals surface area contributed by atoms with E-state index >= 15 is 0 Å². The number of pyridine rings is 1. The molecule has 0 fully saturated rings. The molecule has 23 heavy (non-hydrogen) atoms. The van der Waals surface area contributed by atoms with Crippen LogP contribution in [-0.4, -0.2) is 22.3 Å². The number of hydrogen-bond acceptors (Lipinski definition) is 3. The average Bonchev–Trinajstić information content (AvgIpc) is 3.01. The number of H-pyrrole nitrogens is 1. The number of nitrogens with one attached hydrogen (secondary N) is 1. The van der Waals surface area contributed by atoms with Crippen molar-refractivity contribution in [1.82, 2.24) is 9.88 Å². The Morgan fingerprint density at radius 2 is 2.13 bits per heavy atom. The molecule has 0 radical (unpaired) electrons. The van der Waals surface area contributed by atoms with Gasteiger partial charge < -0.3 is 9.88 Å². The third-order valence-electron chi connectivity index (χ3n) is 4.13. The van der Waals surface area contributed by atoms with Crippen molar-refractivity contribution in [3.05, 3.63) is 67.1 Å². The monoisotopic (exact) mass is 344 g/mol. The number of hydrogen-bond donors (Lipinski definition) is 1. The fourth-order valence-corrected chi connectivity index (χ4v) is 4.06. The van der Waals surface area contributed by atoms with E-state index in [-0.39, 0.29) is 11.5 Å². The number of aromatic nitrogens is 1. The van der Waals surface area contributed by atoms with Crippen LogP contribution in [0.15, 0.2) is 40.5 Å². The van der Waals surface area contributed by atoms with Crippen LogP contribution >= 0.6 is 22.9 Å². The van der Waals surface area contributed by atoms with Crippen LogP contribution in [0.2, 0.25) is 5.02 Å². The van der Waals surface area contributed by atoms with Gasteiger partial charge in [-0.1, -0.05) is 11.6 Å². The van der Waals surface area contributed by atoms with Crippen molar-refractivity contribution in [1.29, 1.82) is 0 Å². The molecule has 4 rings (SSSR count). The van der Waals surface area contributed by atoms with E-state index < -0.39 is 0 Å². The van der Waals surface area contributed by atoms with E-state index in [1.54, 1.807) is 34.4 Å². The molecule has 1 aliphatic heterocycles. The summed E-state index contributed by atoms with van der Waals surface area (Å²) in [5.41, 5.74) is 1.95. The Bertz CT molecular complexity index is 976. The Morgan fingerprint density at radius 1 is 1.26 bits per heavy atom. The van der Waals surface area contributed by atoms with Crippen molar-refractivity contribution in [2.24, 2.45) is 0 Å². The number of amides is 1. The maximum Gasteiger partial charge on any atom is 0.255 e. The first kappa shape index (κ1) is 14.5. The normalized spacial score (nSPS) is 14.0. The van der Waals surface area contributed by atoms with Gasteiger partial charge >= 0.3 is 0 Å². The van der Waals surface area contributed by atoms with Crippen molar-refractivity contribution in [3.63, 3.8) is 0 Å². The van der Waals surface area contributed by atoms with Gasteiger partial charge in [-0.15, -0.1) is 11.3 Å². The standard InChI is InChI=1S/C17H13ClN2O2S/c18-11-1-2-14-12(7-11)13(8-16(21)19-14)17(22)20-5-3-15-10(9-20)4-6-23-15/h1-2,4,6-8H,3,5,9H2,(H,19,21). The van der Waals surface area contributed by atoms with E-state index in [2.05, 4.69) is 16.4 Å². The van der Waals surface area contributed by atoms with E-state index in [9.17, 15) is 9.59 Å². The summed E-state index contributed by atoms with van der Waals surface area (Å²) in [6, 6.07) is 8.58. The van der Waals surface area contributed by atoms with Crippen LogP contribution in [0, 0.1) is 0 Å². The molecule has 3 aromatic rings. The number of benzene rings is 1. The highest BCUT2D eigenvalue weighted by molar-refractivity contribution is 7.10. The van der Waals surface area contributed by atoms with E-state index in [1.807, 2.05) is 0 Å². The van der Waals surface area contributed by atoms with Crippen molar-refractivity contribution in [2.45, 2.75) is 13.0 Å². The number of carbonyl (C=O) groups is 1. The number of nitrogens with zero attached hydrogens (tertiary/aromatic N) is 1. The Kier molecular flexibility index (Phi) is 3.47. The van der Waals surface area contributed by atoms with Crippen LogP contribution in [0.25, 0.3) is 10.9 Å². The van der Waals surface area contributed by atoms with E-state index in [1.165, 1.54) is 16.5 Å². The lowest BCUT2D eigenvalue weighted by Crippen LogP contribution is -2.36. The topological polar surface area (TPSA) is 53.2 Å². The molecule has 2 aromatic heterocycles. The fraction of sp³-hybridized carbons (Fsp3) is 0.176. The van der Waals surface area contributed by atoms with Crippen LogP contribution in [0.3, 0.4) is 0 Å². The van der Waals surface area contributed by atoms with Crippen molar-refractivity contribution in [2.75, 3.05) is 6.54 Å². The molecule has 1 amide bonds. The predicted octanol–water partition coefficient (Wildman–Crippen LogP) is 3.44. The fourth-order valence-electron chi connectivity index (χ4n) is 3.00. The summed E-state index contributed by atoms with van der Waals surface area (Å²) in [7, 11) is 0. The molecule has 4 nitrogen and oxygen atoms in total. The highest BCUT2D eigenvalue weighted by Crippen LogP contribution is 2.27. The van der Waals surface area contributed by atoms with Crippen LogP contribution in [-0.2, 0) is 13.0 Å². The number of thiophene rings is 1. The minimum atomic E-state index is -0.281.